The third-order valence-corrected chi connectivity index (χ3v) is 237. The van der Waals surface area contributed by atoms with E-state index < -0.39 is 57.4 Å². The third-order valence-electron chi connectivity index (χ3n) is 15.2. The number of hydrogen-bond acceptors (Lipinski definition) is 0. The highest BCUT2D eigenvalue weighted by atomic mass is 30.5. The molecule has 2 unspecified atom stereocenters. The zero-order chi connectivity index (χ0) is 35.1. The first-order valence-corrected chi connectivity index (χ1v) is 44.5. The molecule has 44 heavy (non-hydrogen) atoms. The van der Waals surface area contributed by atoms with Gasteiger partial charge in [-0.15, -0.1) is 13.3 Å². The average molecular weight is 742 g/mol. The van der Waals surface area contributed by atoms with E-state index in [1.807, 2.05) is 0 Å². The predicted octanol–water partition coefficient (Wildman–Crippen LogP) is 13.3. The molecule has 0 bridgehead atoms. The highest BCUT2D eigenvalue weighted by Gasteiger charge is 2.87. The summed E-state index contributed by atoms with van der Waals surface area (Å²) in [6, 6.07) is 0. The van der Waals surface area contributed by atoms with Gasteiger partial charge in [-0.2, -0.15) is 11.1 Å². The number of hydrogen-bond donors (Lipinski definition) is 0. The summed E-state index contributed by atoms with van der Waals surface area (Å²) < 4.78 is 0. The Labute approximate surface area is 288 Å². The predicted molar refractivity (Wildman–Crippen MR) is 227 cm³/mol. The van der Waals surface area contributed by atoms with Gasteiger partial charge in [0.05, 0.1) is 0 Å². The van der Waals surface area contributed by atoms with Crippen molar-refractivity contribution in [3.8, 4) is 0 Å². The van der Waals surface area contributed by atoms with Gasteiger partial charge in [-0.25, -0.2) is 0 Å². The standard InChI is InChI=1S/C36H84Si8/c1-25(2)37-39(27(5)6,28(7)8)41(31(13)14,32(15)16)43(37,35(21)22)44(36(23)24)38(26(3)4)40(29(9)10,30(11)12)42(44,33(17)18)34(19)20/h25-36H,1-24H3/q-2. The summed E-state index contributed by atoms with van der Waals surface area (Å²) in [4.78, 5) is 0. The van der Waals surface area contributed by atoms with Crippen molar-refractivity contribution in [2.45, 2.75) is 233 Å². The van der Waals surface area contributed by atoms with Crippen molar-refractivity contribution >= 4 is 57.4 Å². The van der Waals surface area contributed by atoms with Gasteiger partial charge in [-0.1, -0.05) is 236 Å². The molecule has 0 radical (unpaired) electrons. The van der Waals surface area contributed by atoms with E-state index in [2.05, 4.69) is 166 Å². The van der Waals surface area contributed by atoms with Crippen LogP contribution in [0, 0.1) is 0 Å². The van der Waals surface area contributed by atoms with Crippen molar-refractivity contribution in [1.29, 1.82) is 0 Å². The Hall–Kier alpha value is 1.74. The first-order valence-electron chi connectivity index (χ1n) is 19.6. The summed E-state index contributed by atoms with van der Waals surface area (Å²) in [5, 5.41) is 0. The van der Waals surface area contributed by atoms with E-state index in [1.165, 1.54) is 0 Å². The molecule has 0 aliphatic carbocycles. The summed E-state index contributed by atoms with van der Waals surface area (Å²) in [5.74, 6) is 0. The van der Waals surface area contributed by atoms with E-state index in [4.69, 9.17) is 0 Å². The molecular formula is C36H84Si8-2. The van der Waals surface area contributed by atoms with Crippen LogP contribution in [-0.2, 0) is 0 Å². The summed E-state index contributed by atoms with van der Waals surface area (Å²) in [6.07, 6.45) is 0. The Bertz CT molecular complexity index is 869. The topological polar surface area (TPSA) is 0 Å². The van der Waals surface area contributed by atoms with E-state index in [9.17, 15) is 0 Å². The van der Waals surface area contributed by atoms with E-state index >= 15 is 0 Å². The van der Waals surface area contributed by atoms with Gasteiger partial charge in [-0.3, -0.25) is 15.7 Å². The maximum absolute atomic E-state index is 2.95. The van der Waals surface area contributed by atoms with Crippen LogP contribution in [-0.4, -0.2) is 57.4 Å². The lowest BCUT2D eigenvalue weighted by Gasteiger charge is -3.07. The largest absolute Gasteiger partial charge is 0.259 e. The van der Waals surface area contributed by atoms with Crippen molar-refractivity contribution in [1.82, 2.24) is 0 Å². The average Bonchev–Trinajstić information content (AvgIpc) is 2.77. The molecule has 2 saturated heterocycles. The van der Waals surface area contributed by atoms with Gasteiger partial charge in [0.2, 0.25) is 0 Å². The second-order valence-electron chi connectivity index (χ2n) is 19.8. The van der Waals surface area contributed by atoms with Crippen molar-refractivity contribution in [2.75, 3.05) is 0 Å². The molecule has 2 heterocycles. The van der Waals surface area contributed by atoms with Crippen LogP contribution in [0.3, 0.4) is 0 Å². The van der Waals surface area contributed by atoms with Crippen LogP contribution in [0.15, 0.2) is 0 Å². The van der Waals surface area contributed by atoms with Gasteiger partial charge in [0.25, 0.3) is 0 Å². The Balaban J connectivity index is 3.68. The van der Waals surface area contributed by atoms with Crippen molar-refractivity contribution in [2.24, 2.45) is 0 Å². The van der Waals surface area contributed by atoms with Gasteiger partial charge in [0.15, 0.2) is 0 Å². The Morgan fingerprint density at radius 1 is 0.250 bits per heavy atom. The first-order chi connectivity index (χ1) is 19.8. The van der Waals surface area contributed by atoms with E-state index in [-0.39, 0.29) is 0 Å². The minimum atomic E-state index is -1.69. The van der Waals surface area contributed by atoms with Crippen LogP contribution >= 0.6 is 0 Å². The zero-order valence-electron chi connectivity index (χ0n) is 34.9. The summed E-state index contributed by atoms with van der Waals surface area (Å²) in [7, 11) is -7.29. The first kappa shape index (κ1) is 41.9. The smallest absolute Gasteiger partial charge is 0.0196 e. The molecule has 0 saturated carbocycles. The lowest BCUT2D eigenvalue weighted by atomic mass is 10.5. The molecule has 2 aliphatic rings. The van der Waals surface area contributed by atoms with Crippen LogP contribution in [0.2, 0.25) is 66.5 Å². The van der Waals surface area contributed by atoms with Gasteiger partial charge in [-0.05, 0) is 14.2 Å². The Kier molecular flexibility index (Phi) is 12.8. The number of rotatable bonds is 13. The summed E-state index contributed by atoms with van der Waals surface area (Å²) >= 11 is 0. The fourth-order valence-electron chi connectivity index (χ4n) is 17.1. The minimum absolute atomic E-state index is 0.435. The molecule has 262 valence electrons. The van der Waals surface area contributed by atoms with Crippen LogP contribution in [0.5, 0.6) is 0 Å². The highest BCUT2D eigenvalue weighted by Crippen LogP contribution is 2.78. The molecule has 2 atom stereocenters. The fourth-order valence-corrected chi connectivity index (χ4v) is 464. The minimum Gasteiger partial charge on any atom is -0.259 e. The molecule has 0 N–H and O–H groups in total. The van der Waals surface area contributed by atoms with Crippen LogP contribution in [0.4, 0.5) is 0 Å². The SMILES string of the molecule is CC(C)[Si-]1[Si](C(C)C)(C(C)C)[Si](C(C)C)(C(C)C)[Si]1(C(C)C)[Si]1(C(C)C)[Si-](C(C)C)[Si](C(C)C)(C(C)C)[Si]1(C(C)C)C(C)C. The molecule has 0 aromatic heterocycles. The van der Waals surface area contributed by atoms with E-state index in [1.54, 1.807) is 0 Å². The highest BCUT2D eigenvalue weighted by molar-refractivity contribution is 8.36. The molecule has 8 heteroatoms. The van der Waals surface area contributed by atoms with Gasteiger partial charge in [0.1, 0.15) is 0 Å². The lowest BCUT2D eigenvalue weighted by Crippen LogP contribution is -3.21. The molecule has 0 nitrogen and oxygen atoms in total. The monoisotopic (exact) mass is 740 g/mol. The van der Waals surface area contributed by atoms with Crippen LogP contribution < -0.4 is 0 Å². The normalized spacial score (nSPS) is 28.9. The quantitative estimate of drug-likeness (QED) is 0.165. The molecule has 0 spiro atoms. The second kappa shape index (κ2) is 13.5. The van der Waals surface area contributed by atoms with Crippen molar-refractivity contribution in [3.05, 3.63) is 0 Å². The van der Waals surface area contributed by atoms with Gasteiger partial charge >= 0.3 is 0 Å². The molecular weight excluding hydrogens is 657 g/mol. The molecule has 0 aromatic rings. The van der Waals surface area contributed by atoms with Gasteiger partial charge in [0, 0.05) is 0 Å². The summed E-state index contributed by atoms with van der Waals surface area (Å²) in [6.45, 7) is 65.4. The third kappa shape index (κ3) is 4.15. The molecule has 2 aliphatic heterocycles. The van der Waals surface area contributed by atoms with Gasteiger partial charge < -0.3 is 0 Å². The van der Waals surface area contributed by atoms with E-state index in [0.29, 0.717) is 0 Å². The molecule has 2 fully saturated rings. The summed E-state index contributed by atoms with van der Waals surface area (Å²) in [5.41, 5.74) is 11.9. The molecule has 0 aromatic carbocycles. The molecule has 2 rings (SSSR count). The Morgan fingerprint density at radius 3 is 0.523 bits per heavy atom. The van der Waals surface area contributed by atoms with Crippen LogP contribution in [0.25, 0.3) is 0 Å². The zero-order valence-corrected chi connectivity index (χ0v) is 42.9. The second-order valence-corrected chi connectivity index (χ2v) is 104. The van der Waals surface area contributed by atoms with Crippen LogP contribution in [0.1, 0.15) is 166 Å². The van der Waals surface area contributed by atoms with E-state index in [0.717, 1.165) is 66.5 Å². The van der Waals surface area contributed by atoms with Crippen molar-refractivity contribution < 1.29 is 0 Å². The Morgan fingerprint density at radius 2 is 0.432 bits per heavy atom. The van der Waals surface area contributed by atoms with Crippen molar-refractivity contribution in [3.63, 3.8) is 0 Å². The lowest BCUT2D eigenvalue weighted by molar-refractivity contribution is 0.866. The fraction of sp³-hybridized carbons (Fsp3) is 1.00. The molecule has 0 amide bonds. The maximum Gasteiger partial charge on any atom is -0.0196 e. The maximum atomic E-state index is 2.95.